The van der Waals surface area contributed by atoms with E-state index >= 15 is 0 Å². The molecule has 0 spiro atoms. The first-order chi connectivity index (χ1) is 18.6. The monoisotopic (exact) mass is 514 g/mol. The number of anilines is 1. The molecule has 4 aromatic rings. The van der Waals surface area contributed by atoms with Crippen LogP contribution in [-0.4, -0.2) is 41.8 Å². The molecule has 1 atom stereocenters. The number of rotatable bonds is 6. The number of benzene rings is 3. The first kappa shape index (κ1) is 24.3. The predicted octanol–water partition coefficient (Wildman–Crippen LogP) is 5.09. The van der Waals surface area contributed by atoms with Crippen molar-refractivity contribution in [2.24, 2.45) is 5.92 Å². The van der Waals surface area contributed by atoms with Crippen molar-refractivity contribution in [1.29, 1.82) is 0 Å². The van der Waals surface area contributed by atoms with Crippen LogP contribution in [0.2, 0.25) is 0 Å². The van der Waals surface area contributed by atoms with Gasteiger partial charge in [0.15, 0.2) is 11.5 Å². The van der Waals surface area contributed by atoms with E-state index in [1.807, 2.05) is 61.5 Å². The molecule has 7 nitrogen and oxygen atoms in total. The number of nitrogens with zero attached hydrogens (tertiary/aromatic N) is 3. The summed E-state index contributed by atoms with van der Waals surface area (Å²) in [6.45, 7) is 4.88. The van der Waals surface area contributed by atoms with Gasteiger partial charge in [0.1, 0.15) is 19.0 Å². The second-order valence-corrected chi connectivity index (χ2v) is 9.97. The minimum Gasteiger partial charge on any atom is -0.486 e. The Labute approximate surface area is 221 Å². The Bertz CT molecular complexity index is 1460. The summed E-state index contributed by atoms with van der Waals surface area (Å²) in [6, 6.07) is 20.5. The van der Waals surface area contributed by atoms with Gasteiger partial charge in [0.25, 0.3) is 0 Å². The number of carbonyl (C=O) groups is 1. The SMILES string of the molecule is CC(NC(=O)C1CCN(c2nc3ccccc3n2Cc2ccccc2F)CC1)c1ccc2c(c1)OCCO2. The summed E-state index contributed by atoms with van der Waals surface area (Å²) < 4.78 is 27.9. The Hall–Kier alpha value is -4.07. The summed E-state index contributed by atoms with van der Waals surface area (Å²) in [6.07, 6.45) is 1.45. The largest absolute Gasteiger partial charge is 0.486 e. The fraction of sp³-hybridized carbons (Fsp3) is 0.333. The lowest BCUT2D eigenvalue weighted by Gasteiger charge is -2.33. The topological polar surface area (TPSA) is 68.6 Å². The lowest BCUT2D eigenvalue weighted by molar-refractivity contribution is -0.126. The van der Waals surface area contributed by atoms with Crippen LogP contribution in [0.4, 0.5) is 10.3 Å². The molecule has 3 heterocycles. The highest BCUT2D eigenvalue weighted by molar-refractivity contribution is 5.80. The number of para-hydroxylation sites is 2. The molecule has 2 aliphatic heterocycles. The summed E-state index contributed by atoms with van der Waals surface area (Å²) in [5, 5.41) is 3.18. The van der Waals surface area contributed by atoms with Crippen LogP contribution in [0.3, 0.4) is 0 Å². The fourth-order valence-corrected chi connectivity index (χ4v) is 5.34. The van der Waals surface area contributed by atoms with Gasteiger partial charge in [-0.3, -0.25) is 4.79 Å². The third-order valence-electron chi connectivity index (χ3n) is 7.49. The van der Waals surface area contributed by atoms with Crippen LogP contribution in [0.1, 0.15) is 36.9 Å². The van der Waals surface area contributed by atoms with Crippen molar-refractivity contribution in [2.75, 3.05) is 31.2 Å². The average molecular weight is 515 g/mol. The van der Waals surface area contributed by atoms with Gasteiger partial charge in [0, 0.05) is 24.6 Å². The Balaban J connectivity index is 1.14. The lowest BCUT2D eigenvalue weighted by Crippen LogP contribution is -2.42. The highest BCUT2D eigenvalue weighted by atomic mass is 19.1. The first-order valence-electron chi connectivity index (χ1n) is 13.2. The van der Waals surface area contributed by atoms with E-state index in [1.54, 1.807) is 6.07 Å². The summed E-state index contributed by atoms with van der Waals surface area (Å²) in [5.74, 6) is 2.05. The number of aromatic nitrogens is 2. The van der Waals surface area contributed by atoms with E-state index in [-0.39, 0.29) is 23.7 Å². The number of imidazole rings is 1. The molecule has 2 aliphatic rings. The number of ether oxygens (including phenoxy) is 2. The third kappa shape index (κ3) is 4.78. The number of carbonyl (C=O) groups excluding carboxylic acids is 1. The molecule has 3 aromatic carbocycles. The minimum atomic E-state index is -0.223. The van der Waals surface area contributed by atoms with Gasteiger partial charge < -0.3 is 24.3 Å². The van der Waals surface area contributed by atoms with Gasteiger partial charge in [0.2, 0.25) is 11.9 Å². The van der Waals surface area contributed by atoms with Gasteiger partial charge in [-0.25, -0.2) is 9.37 Å². The molecule has 0 aliphatic carbocycles. The maximum absolute atomic E-state index is 14.5. The number of piperidine rings is 1. The minimum absolute atomic E-state index is 0.0619. The molecule has 1 unspecified atom stereocenters. The van der Waals surface area contributed by atoms with E-state index in [4.69, 9.17) is 14.5 Å². The van der Waals surface area contributed by atoms with E-state index in [2.05, 4.69) is 14.8 Å². The summed E-state index contributed by atoms with van der Waals surface area (Å²) in [5.41, 5.74) is 3.46. The molecule has 1 N–H and O–H groups in total. The molecular formula is C30H31FN4O3. The van der Waals surface area contributed by atoms with E-state index < -0.39 is 0 Å². The van der Waals surface area contributed by atoms with Gasteiger partial charge in [0.05, 0.1) is 23.6 Å². The van der Waals surface area contributed by atoms with Gasteiger partial charge in [-0.2, -0.15) is 0 Å². The molecular weight excluding hydrogens is 483 g/mol. The van der Waals surface area contributed by atoms with Crippen molar-refractivity contribution in [2.45, 2.75) is 32.4 Å². The van der Waals surface area contributed by atoms with Crippen molar-refractivity contribution in [3.8, 4) is 11.5 Å². The molecule has 1 fully saturated rings. The molecule has 196 valence electrons. The second kappa shape index (κ2) is 10.4. The summed E-state index contributed by atoms with van der Waals surface area (Å²) in [7, 11) is 0. The predicted molar refractivity (Wildman–Crippen MR) is 144 cm³/mol. The highest BCUT2D eigenvalue weighted by Gasteiger charge is 2.29. The summed E-state index contributed by atoms with van der Waals surface area (Å²) in [4.78, 5) is 20.3. The molecule has 1 amide bonds. The Morgan fingerprint density at radius 3 is 2.58 bits per heavy atom. The molecule has 0 saturated carbocycles. The Kier molecular flexibility index (Phi) is 6.62. The average Bonchev–Trinajstić information content (AvgIpc) is 3.32. The first-order valence-corrected chi connectivity index (χ1v) is 13.2. The molecule has 0 bridgehead atoms. The van der Waals surface area contributed by atoms with E-state index in [0.717, 1.165) is 46.9 Å². The molecule has 1 aromatic heterocycles. The number of fused-ring (bicyclic) bond motifs is 2. The van der Waals surface area contributed by atoms with Crippen LogP contribution < -0.4 is 19.7 Å². The van der Waals surface area contributed by atoms with Crippen molar-refractivity contribution in [3.63, 3.8) is 0 Å². The highest BCUT2D eigenvalue weighted by Crippen LogP contribution is 2.33. The van der Waals surface area contributed by atoms with Gasteiger partial charge >= 0.3 is 0 Å². The standard InChI is InChI=1S/C30H31FN4O3/c1-20(22-10-11-27-28(18-22)38-17-16-37-27)32-29(36)21-12-14-34(15-13-21)30-33-25-8-4-5-9-26(25)35(30)19-23-6-2-3-7-24(23)31/h2-11,18,20-21H,12-17,19H2,1H3,(H,32,36). The summed E-state index contributed by atoms with van der Waals surface area (Å²) >= 11 is 0. The van der Waals surface area contributed by atoms with E-state index in [1.165, 1.54) is 6.07 Å². The van der Waals surface area contributed by atoms with Crippen molar-refractivity contribution >= 4 is 22.9 Å². The van der Waals surface area contributed by atoms with Crippen LogP contribution >= 0.6 is 0 Å². The Morgan fingerprint density at radius 2 is 1.76 bits per heavy atom. The van der Waals surface area contributed by atoms with Crippen LogP contribution in [0, 0.1) is 11.7 Å². The Morgan fingerprint density at radius 1 is 1.03 bits per heavy atom. The van der Waals surface area contributed by atoms with Crippen LogP contribution in [0.5, 0.6) is 11.5 Å². The van der Waals surface area contributed by atoms with Crippen molar-refractivity contribution < 1.29 is 18.7 Å². The number of nitrogens with one attached hydrogen (secondary N) is 1. The molecule has 8 heteroatoms. The zero-order valence-corrected chi connectivity index (χ0v) is 21.4. The fourth-order valence-electron chi connectivity index (χ4n) is 5.34. The maximum atomic E-state index is 14.5. The van der Waals surface area contributed by atoms with Crippen LogP contribution in [0.15, 0.2) is 66.7 Å². The number of halogens is 1. The van der Waals surface area contributed by atoms with E-state index in [0.29, 0.717) is 38.4 Å². The molecule has 6 rings (SSSR count). The molecule has 1 saturated heterocycles. The van der Waals surface area contributed by atoms with Crippen LogP contribution in [0.25, 0.3) is 11.0 Å². The normalized spacial score (nSPS) is 16.4. The lowest BCUT2D eigenvalue weighted by atomic mass is 9.95. The van der Waals surface area contributed by atoms with E-state index in [9.17, 15) is 9.18 Å². The van der Waals surface area contributed by atoms with Crippen molar-refractivity contribution in [1.82, 2.24) is 14.9 Å². The number of hydrogen-bond donors (Lipinski definition) is 1. The maximum Gasteiger partial charge on any atom is 0.223 e. The number of hydrogen-bond acceptors (Lipinski definition) is 5. The molecule has 0 radical (unpaired) electrons. The van der Waals surface area contributed by atoms with Gasteiger partial charge in [-0.15, -0.1) is 0 Å². The smallest absolute Gasteiger partial charge is 0.223 e. The quantitative estimate of drug-likeness (QED) is 0.388. The zero-order chi connectivity index (χ0) is 26.1. The van der Waals surface area contributed by atoms with Crippen molar-refractivity contribution in [3.05, 3.63) is 83.7 Å². The third-order valence-corrected chi connectivity index (χ3v) is 7.49. The van der Waals surface area contributed by atoms with Crippen LogP contribution in [-0.2, 0) is 11.3 Å². The van der Waals surface area contributed by atoms with Gasteiger partial charge in [-0.05, 0) is 55.7 Å². The second-order valence-electron chi connectivity index (χ2n) is 9.97. The zero-order valence-electron chi connectivity index (χ0n) is 21.4. The van der Waals surface area contributed by atoms with Gasteiger partial charge in [-0.1, -0.05) is 36.4 Å². The molecule has 38 heavy (non-hydrogen) atoms. The number of amides is 1.